The Morgan fingerprint density at radius 1 is 1.00 bits per heavy atom. The number of amides is 2. The molecule has 0 radical (unpaired) electrons. The first-order valence-corrected chi connectivity index (χ1v) is 12.0. The molecule has 1 aromatic heterocycles. The van der Waals surface area contributed by atoms with Gasteiger partial charge in [-0.1, -0.05) is 23.1 Å². The third-order valence-corrected chi connectivity index (χ3v) is 6.18. The first kappa shape index (κ1) is 24.5. The van der Waals surface area contributed by atoms with Gasteiger partial charge in [0.2, 0.25) is 11.0 Å². The third kappa shape index (κ3) is 8.04. The fraction of sp³-hybridized carbons (Fsp3) is 0.273. The lowest BCUT2D eigenvalue weighted by atomic mass is 10.2. The van der Waals surface area contributed by atoms with Crippen molar-refractivity contribution >= 4 is 51.4 Å². The van der Waals surface area contributed by atoms with E-state index < -0.39 is 0 Å². The maximum absolute atomic E-state index is 12.4. The topological polar surface area (TPSA) is 114 Å². The molecular formula is C22H25N5O4S2. The average Bonchev–Trinajstić information content (AvgIpc) is 3.27. The summed E-state index contributed by atoms with van der Waals surface area (Å²) in [6.07, 6.45) is 0. The van der Waals surface area contributed by atoms with E-state index in [9.17, 15) is 9.59 Å². The first-order valence-electron chi connectivity index (χ1n) is 10.2. The number of methoxy groups -OCH3 is 1. The van der Waals surface area contributed by atoms with Gasteiger partial charge in [0.1, 0.15) is 5.75 Å². The van der Waals surface area contributed by atoms with Crippen LogP contribution in [0.5, 0.6) is 5.75 Å². The standard InChI is InChI=1S/C22H25N5O4S2/c1-3-31-18-10-8-17(9-11-18)25-20(29)15-4-6-16(7-5-15)24-19(28)14-32-22-27-26-21(33-22)23-12-13-30-2/h4-11H,3,12-14H2,1-2H3,(H,23,26)(H,24,28)(H,25,29). The van der Waals surface area contributed by atoms with Crippen LogP contribution in [0.4, 0.5) is 16.5 Å². The molecule has 3 N–H and O–H groups in total. The maximum atomic E-state index is 12.4. The van der Waals surface area contributed by atoms with E-state index in [0.29, 0.717) is 46.2 Å². The molecule has 1 heterocycles. The Labute approximate surface area is 200 Å². The lowest BCUT2D eigenvalue weighted by Crippen LogP contribution is -2.15. The fourth-order valence-corrected chi connectivity index (χ4v) is 4.21. The SMILES string of the molecule is CCOc1ccc(NC(=O)c2ccc(NC(=O)CSc3nnc(NCCOC)s3)cc2)cc1. The molecule has 33 heavy (non-hydrogen) atoms. The molecule has 3 rings (SSSR count). The largest absolute Gasteiger partial charge is 0.494 e. The van der Waals surface area contributed by atoms with Gasteiger partial charge in [-0.15, -0.1) is 10.2 Å². The first-order chi connectivity index (χ1) is 16.1. The minimum atomic E-state index is -0.237. The van der Waals surface area contributed by atoms with E-state index in [-0.39, 0.29) is 17.6 Å². The third-order valence-electron chi connectivity index (χ3n) is 4.17. The molecule has 0 unspecified atom stereocenters. The van der Waals surface area contributed by atoms with Gasteiger partial charge in [0, 0.05) is 30.6 Å². The van der Waals surface area contributed by atoms with Crippen molar-refractivity contribution in [2.75, 3.05) is 48.6 Å². The predicted octanol–water partition coefficient (Wildman–Crippen LogP) is 3.98. The molecule has 0 aliphatic heterocycles. The minimum absolute atomic E-state index is 0.171. The normalized spacial score (nSPS) is 10.5. The van der Waals surface area contributed by atoms with Gasteiger partial charge in [-0.05, 0) is 55.5 Å². The smallest absolute Gasteiger partial charge is 0.255 e. The van der Waals surface area contributed by atoms with Gasteiger partial charge in [0.25, 0.3) is 5.91 Å². The quantitative estimate of drug-likeness (QED) is 0.260. The summed E-state index contributed by atoms with van der Waals surface area (Å²) < 4.78 is 11.1. The monoisotopic (exact) mass is 487 g/mol. The van der Waals surface area contributed by atoms with E-state index in [2.05, 4.69) is 26.1 Å². The predicted molar refractivity (Wildman–Crippen MR) is 132 cm³/mol. The number of nitrogens with zero attached hydrogens (tertiary/aromatic N) is 2. The molecule has 0 aliphatic carbocycles. The summed E-state index contributed by atoms with van der Waals surface area (Å²) in [6, 6.07) is 13.9. The van der Waals surface area contributed by atoms with E-state index in [1.165, 1.54) is 23.1 Å². The van der Waals surface area contributed by atoms with Crippen molar-refractivity contribution in [3.63, 3.8) is 0 Å². The van der Waals surface area contributed by atoms with Crippen LogP contribution in [-0.4, -0.2) is 54.6 Å². The number of ether oxygens (including phenoxy) is 2. The van der Waals surface area contributed by atoms with Crippen LogP contribution < -0.4 is 20.7 Å². The van der Waals surface area contributed by atoms with Crippen LogP contribution in [0.1, 0.15) is 17.3 Å². The zero-order valence-corrected chi connectivity index (χ0v) is 19.9. The van der Waals surface area contributed by atoms with Crippen molar-refractivity contribution in [1.82, 2.24) is 10.2 Å². The molecule has 11 heteroatoms. The second kappa shape index (κ2) is 12.8. The van der Waals surface area contributed by atoms with Crippen LogP contribution in [0.15, 0.2) is 52.9 Å². The summed E-state index contributed by atoms with van der Waals surface area (Å²) in [5.41, 5.74) is 1.77. The highest BCUT2D eigenvalue weighted by molar-refractivity contribution is 8.01. The van der Waals surface area contributed by atoms with Gasteiger partial charge in [0.15, 0.2) is 4.34 Å². The molecule has 0 bridgehead atoms. The van der Waals surface area contributed by atoms with Crippen LogP contribution in [-0.2, 0) is 9.53 Å². The second-order valence-electron chi connectivity index (χ2n) is 6.62. The van der Waals surface area contributed by atoms with Gasteiger partial charge < -0.3 is 25.4 Å². The number of hydrogen-bond acceptors (Lipinski definition) is 9. The number of carbonyl (C=O) groups excluding carboxylic acids is 2. The number of thioether (sulfide) groups is 1. The molecule has 2 aromatic carbocycles. The van der Waals surface area contributed by atoms with Gasteiger partial charge >= 0.3 is 0 Å². The summed E-state index contributed by atoms with van der Waals surface area (Å²) >= 11 is 2.69. The Morgan fingerprint density at radius 2 is 1.70 bits per heavy atom. The Balaban J connectivity index is 1.44. The van der Waals surface area contributed by atoms with Crippen LogP contribution >= 0.6 is 23.1 Å². The summed E-state index contributed by atoms with van der Waals surface area (Å²) in [7, 11) is 1.63. The average molecular weight is 488 g/mol. The van der Waals surface area contributed by atoms with E-state index in [0.717, 1.165) is 5.75 Å². The Hall–Kier alpha value is -3.15. The fourth-order valence-electron chi connectivity index (χ4n) is 2.63. The van der Waals surface area contributed by atoms with Crippen molar-refractivity contribution < 1.29 is 19.1 Å². The molecule has 0 saturated heterocycles. The number of benzene rings is 2. The van der Waals surface area contributed by atoms with Gasteiger partial charge in [-0.25, -0.2) is 0 Å². The zero-order chi connectivity index (χ0) is 23.5. The van der Waals surface area contributed by atoms with Crippen molar-refractivity contribution in [2.45, 2.75) is 11.3 Å². The van der Waals surface area contributed by atoms with Crippen molar-refractivity contribution in [2.24, 2.45) is 0 Å². The number of carbonyl (C=O) groups is 2. The van der Waals surface area contributed by atoms with Crippen molar-refractivity contribution in [3.05, 3.63) is 54.1 Å². The molecule has 3 aromatic rings. The molecule has 0 aliphatic rings. The molecule has 0 saturated carbocycles. The van der Waals surface area contributed by atoms with Crippen LogP contribution in [0.25, 0.3) is 0 Å². The number of nitrogens with one attached hydrogen (secondary N) is 3. The van der Waals surface area contributed by atoms with E-state index in [1.54, 1.807) is 55.6 Å². The van der Waals surface area contributed by atoms with Gasteiger partial charge in [-0.3, -0.25) is 9.59 Å². The zero-order valence-electron chi connectivity index (χ0n) is 18.3. The molecule has 174 valence electrons. The Morgan fingerprint density at radius 3 is 2.39 bits per heavy atom. The molecule has 0 spiro atoms. The maximum Gasteiger partial charge on any atom is 0.255 e. The van der Waals surface area contributed by atoms with Crippen LogP contribution in [0.2, 0.25) is 0 Å². The summed E-state index contributed by atoms with van der Waals surface area (Å²) in [5.74, 6) is 0.542. The molecular weight excluding hydrogens is 462 g/mol. The van der Waals surface area contributed by atoms with E-state index in [1.807, 2.05) is 6.92 Å². The molecule has 9 nitrogen and oxygen atoms in total. The highest BCUT2D eigenvalue weighted by Crippen LogP contribution is 2.25. The summed E-state index contributed by atoms with van der Waals surface area (Å²) in [6.45, 7) is 3.72. The minimum Gasteiger partial charge on any atom is -0.494 e. The summed E-state index contributed by atoms with van der Waals surface area (Å²) in [5, 5.41) is 17.5. The van der Waals surface area contributed by atoms with Gasteiger partial charge in [-0.2, -0.15) is 0 Å². The Bertz CT molecular complexity index is 1040. The van der Waals surface area contributed by atoms with Crippen LogP contribution in [0.3, 0.4) is 0 Å². The lowest BCUT2D eigenvalue weighted by Gasteiger charge is -2.08. The second-order valence-corrected chi connectivity index (χ2v) is 8.82. The number of hydrogen-bond donors (Lipinski definition) is 3. The molecule has 2 amide bonds. The van der Waals surface area contributed by atoms with Crippen molar-refractivity contribution in [3.8, 4) is 5.75 Å². The number of aromatic nitrogens is 2. The van der Waals surface area contributed by atoms with Crippen molar-refractivity contribution in [1.29, 1.82) is 0 Å². The lowest BCUT2D eigenvalue weighted by molar-refractivity contribution is -0.113. The van der Waals surface area contributed by atoms with Crippen LogP contribution in [0, 0.1) is 0 Å². The summed E-state index contributed by atoms with van der Waals surface area (Å²) in [4.78, 5) is 24.7. The van der Waals surface area contributed by atoms with E-state index in [4.69, 9.17) is 9.47 Å². The molecule has 0 atom stereocenters. The number of rotatable bonds is 12. The molecule has 0 fully saturated rings. The van der Waals surface area contributed by atoms with E-state index >= 15 is 0 Å². The number of anilines is 3. The van der Waals surface area contributed by atoms with Gasteiger partial charge in [0.05, 0.1) is 19.0 Å². The Kier molecular flexibility index (Phi) is 9.48. The highest BCUT2D eigenvalue weighted by atomic mass is 32.2. The highest BCUT2D eigenvalue weighted by Gasteiger charge is 2.10.